The fourth-order valence-electron chi connectivity index (χ4n) is 1.62. The minimum Gasteiger partial charge on any atom is -0.458 e. The van der Waals surface area contributed by atoms with Gasteiger partial charge >= 0.3 is 5.97 Å². The predicted molar refractivity (Wildman–Crippen MR) is 88.1 cm³/mol. The van der Waals surface area contributed by atoms with E-state index in [1.165, 1.54) is 0 Å². The second kappa shape index (κ2) is 7.41. The van der Waals surface area contributed by atoms with Crippen LogP contribution in [-0.2, 0) is 9.53 Å². The SMILES string of the molecule is C=C(C)C[C@@H](N=Cc1ccc(Cl)cc1)C(=O)OC(C)(C)C. The molecule has 0 aliphatic heterocycles. The molecule has 0 aliphatic carbocycles. The number of nitrogens with zero attached hydrogens (tertiary/aromatic N) is 1. The molecule has 0 radical (unpaired) electrons. The molecule has 0 saturated heterocycles. The summed E-state index contributed by atoms with van der Waals surface area (Å²) in [5.74, 6) is -0.337. The van der Waals surface area contributed by atoms with E-state index in [2.05, 4.69) is 11.6 Å². The molecule has 0 fully saturated rings. The lowest BCUT2D eigenvalue weighted by Gasteiger charge is -2.22. The van der Waals surface area contributed by atoms with Gasteiger partial charge in [-0.05, 0) is 45.4 Å². The first-order chi connectivity index (χ1) is 9.67. The fraction of sp³-hybridized carbons (Fsp3) is 0.412. The van der Waals surface area contributed by atoms with Crippen LogP contribution in [-0.4, -0.2) is 23.8 Å². The normalized spacial score (nSPS) is 13.2. The maximum Gasteiger partial charge on any atom is 0.331 e. The lowest BCUT2D eigenvalue weighted by Crippen LogP contribution is -2.31. The molecule has 0 unspecified atom stereocenters. The molecule has 0 aromatic heterocycles. The number of carbonyl (C=O) groups excluding carboxylic acids is 1. The van der Waals surface area contributed by atoms with Crippen LogP contribution >= 0.6 is 11.6 Å². The summed E-state index contributed by atoms with van der Waals surface area (Å²) in [7, 11) is 0. The van der Waals surface area contributed by atoms with E-state index >= 15 is 0 Å². The zero-order valence-electron chi connectivity index (χ0n) is 13.0. The molecule has 21 heavy (non-hydrogen) atoms. The lowest BCUT2D eigenvalue weighted by molar-refractivity contribution is -0.156. The van der Waals surface area contributed by atoms with Crippen molar-refractivity contribution in [2.24, 2.45) is 4.99 Å². The molecule has 0 bridgehead atoms. The van der Waals surface area contributed by atoms with Gasteiger partial charge in [0.2, 0.25) is 0 Å². The average molecular weight is 308 g/mol. The van der Waals surface area contributed by atoms with E-state index in [-0.39, 0.29) is 5.97 Å². The molecule has 0 amide bonds. The molecule has 114 valence electrons. The van der Waals surface area contributed by atoms with Crippen LogP contribution in [0.2, 0.25) is 5.02 Å². The molecule has 3 nitrogen and oxygen atoms in total. The van der Waals surface area contributed by atoms with Gasteiger partial charge in [-0.2, -0.15) is 0 Å². The van der Waals surface area contributed by atoms with Crippen LogP contribution in [0.25, 0.3) is 0 Å². The van der Waals surface area contributed by atoms with E-state index < -0.39 is 11.6 Å². The van der Waals surface area contributed by atoms with Gasteiger partial charge < -0.3 is 4.74 Å². The Morgan fingerprint density at radius 2 is 1.95 bits per heavy atom. The Morgan fingerprint density at radius 1 is 1.38 bits per heavy atom. The first kappa shape index (κ1) is 17.4. The number of rotatable bonds is 5. The minimum absolute atomic E-state index is 0.337. The number of benzene rings is 1. The molecule has 1 aromatic rings. The van der Waals surface area contributed by atoms with Gasteiger partial charge in [0.25, 0.3) is 0 Å². The summed E-state index contributed by atoms with van der Waals surface area (Å²) >= 11 is 5.84. The molecule has 0 aliphatic rings. The van der Waals surface area contributed by atoms with E-state index in [0.717, 1.165) is 11.1 Å². The van der Waals surface area contributed by atoms with Crippen LogP contribution in [0.4, 0.5) is 0 Å². The molecule has 4 heteroatoms. The van der Waals surface area contributed by atoms with Crippen LogP contribution in [0.3, 0.4) is 0 Å². The molecule has 1 aromatic carbocycles. The van der Waals surface area contributed by atoms with Crippen molar-refractivity contribution in [3.8, 4) is 0 Å². The number of carbonyl (C=O) groups is 1. The molecule has 0 saturated carbocycles. The zero-order valence-corrected chi connectivity index (χ0v) is 13.8. The van der Waals surface area contributed by atoms with Gasteiger partial charge in [-0.15, -0.1) is 6.58 Å². The Bertz CT molecular complexity index is 527. The maximum atomic E-state index is 12.2. The maximum absolute atomic E-state index is 12.2. The molecule has 1 atom stereocenters. The van der Waals surface area contributed by atoms with Crippen LogP contribution in [0, 0.1) is 0 Å². The highest BCUT2D eigenvalue weighted by Crippen LogP contribution is 2.15. The van der Waals surface area contributed by atoms with E-state index in [9.17, 15) is 4.79 Å². The summed E-state index contributed by atoms with van der Waals surface area (Å²) in [5.41, 5.74) is 1.24. The quantitative estimate of drug-likeness (QED) is 0.458. The van der Waals surface area contributed by atoms with Gasteiger partial charge in [0.15, 0.2) is 6.04 Å². The van der Waals surface area contributed by atoms with Crippen molar-refractivity contribution in [2.75, 3.05) is 0 Å². The highest BCUT2D eigenvalue weighted by Gasteiger charge is 2.24. The summed E-state index contributed by atoms with van der Waals surface area (Å²) in [6, 6.07) is 6.68. The van der Waals surface area contributed by atoms with Gasteiger partial charge in [0, 0.05) is 17.7 Å². The van der Waals surface area contributed by atoms with E-state index in [4.69, 9.17) is 16.3 Å². The fourth-order valence-corrected chi connectivity index (χ4v) is 1.75. The van der Waals surface area contributed by atoms with Crippen LogP contribution in [0.5, 0.6) is 0 Å². The summed E-state index contributed by atoms with van der Waals surface area (Å²) in [6.45, 7) is 11.2. The Kier molecular flexibility index (Phi) is 6.16. The summed E-state index contributed by atoms with van der Waals surface area (Å²) in [5, 5.41) is 0.665. The molecular weight excluding hydrogens is 286 g/mol. The molecule has 0 N–H and O–H groups in total. The van der Waals surface area contributed by atoms with E-state index in [0.29, 0.717) is 11.4 Å². The largest absolute Gasteiger partial charge is 0.458 e. The average Bonchev–Trinajstić information content (AvgIpc) is 2.33. The van der Waals surface area contributed by atoms with E-state index in [1.807, 2.05) is 39.8 Å². The van der Waals surface area contributed by atoms with Crippen LogP contribution in [0.1, 0.15) is 39.7 Å². The van der Waals surface area contributed by atoms with E-state index in [1.54, 1.807) is 18.3 Å². The van der Waals surface area contributed by atoms with Crippen LogP contribution in [0.15, 0.2) is 41.4 Å². The van der Waals surface area contributed by atoms with Crippen LogP contribution < -0.4 is 0 Å². The molecular formula is C17H22ClNO2. The number of hydrogen-bond acceptors (Lipinski definition) is 3. The molecule has 0 spiro atoms. The first-order valence-corrected chi connectivity index (χ1v) is 7.21. The highest BCUT2D eigenvalue weighted by atomic mass is 35.5. The highest BCUT2D eigenvalue weighted by molar-refractivity contribution is 6.30. The zero-order chi connectivity index (χ0) is 16.0. The number of halogens is 1. The van der Waals surface area contributed by atoms with Gasteiger partial charge in [-0.1, -0.05) is 29.3 Å². The summed E-state index contributed by atoms with van der Waals surface area (Å²) in [4.78, 5) is 16.5. The smallest absolute Gasteiger partial charge is 0.331 e. The van der Waals surface area contributed by atoms with Crippen molar-refractivity contribution >= 4 is 23.8 Å². The number of ether oxygens (including phenoxy) is 1. The first-order valence-electron chi connectivity index (χ1n) is 6.83. The van der Waals surface area contributed by atoms with Crippen molar-refractivity contribution in [2.45, 2.75) is 45.8 Å². The third kappa shape index (κ3) is 7.09. The third-order valence-electron chi connectivity index (χ3n) is 2.49. The third-order valence-corrected chi connectivity index (χ3v) is 2.75. The second-order valence-electron chi connectivity index (χ2n) is 6.04. The van der Waals surface area contributed by atoms with Gasteiger partial charge in [-0.25, -0.2) is 4.79 Å². The lowest BCUT2D eigenvalue weighted by atomic mass is 10.1. The van der Waals surface area contributed by atoms with Crippen molar-refractivity contribution in [1.82, 2.24) is 0 Å². The Hall–Kier alpha value is -1.61. The van der Waals surface area contributed by atoms with Crippen molar-refractivity contribution in [1.29, 1.82) is 0 Å². The van der Waals surface area contributed by atoms with Crippen molar-refractivity contribution in [3.63, 3.8) is 0 Å². The second-order valence-corrected chi connectivity index (χ2v) is 6.48. The number of hydrogen-bond donors (Lipinski definition) is 0. The predicted octanol–water partition coefficient (Wildman–Crippen LogP) is 4.44. The Labute approximate surface area is 131 Å². The standard InChI is InChI=1S/C17H22ClNO2/c1-12(2)10-15(16(20)21-17(3,4)5)19-11-13-6-8-14(18)9-7-13/h6-9,11,15H,1,10H2,2-5H3/t15-/m1/s1. The Morgan fingerprint density at radius 3 is 2.43 bits per heavy atom. The molecule has 1 rings (SSSR count). The van der Waals surface area contributed by atoms with Gasteiger partial charge in [0.1, 0.15) is 5.60 Å². The minimum atomic E-state index is -0.572. The summed E-state index contributed by atoms with van der Waals surface area (Å²) in [6.07, 6.45) is 2.13. The van der Waals surface area contributed by atoms with Crippen molar-refractivity contribution < 1.29 is 9.53 Å². The monoisotopic (exact) mass is 307 g/mol. The molecule has 0 heterocycles. The van der Waals surface area contributed by atoms with Crippen molar-refractivity contribution in [3.05, 3.63) is 47.0 Å². The Balaban J connectivity index is 2.84. The van der Waals surface area contributed by atoms with Gasteiger partial charge in [0.05, 0.1) is 0 Å². The number of esters is 1. The summed E-state index contributed by atoms with van der Waals surface area (Å²) < 4.78 is 5.39. The number of aliphatic imine (C=N–C) groups is 1. The topological polar surface area (TPSA) is 38.7 Å². The van der Waals surface area contributed by atoms with Gasteiger partial charge in [-0.3, -0.25) is 4.99 Å².